The molecule has 0 bridgehead atoms. The van der Waals surface area contributed by atoms with Gasteiger partial charge in [-0.25, -0.2) is 0 Å². The Balaban J connectivity index is 0.000000461. The van der Waals surface area contributed by atoms with Crippen LogP contribution in [0.5, 0.6) is 0 Å². The fourth-order valence-electron chi connectivity index (χ4n) is 1.04. The van der Waals surface area contributed by atoms with Crippen molar-refractivity contribution in [3.8, 4) is 0 Å². The second-order valence-electron chi connectivity index (χ2n) is 2.54. The Kier molecular flexibility index (Phi) is 3.86. The molecule has 2 heteroatoms. The van der Waals surface area contributed by atoms with Crippen LogP contribution >= 0.6 is 0 Å². The average molecular weight is 156 g/mol. The molecule has 1 aliphatic carbocycles. The van der Waals surface area contributed by atoms with Gasteiger partial charge in [-0.3, -0.25) is 4.79 Å². The third kappa shape index (κ3) is 2.07. The molecule has 0 aliphatic heterocycles. The second-order valence-corrected chi connectivity index (χ2v) is 2.54. The Morgan fingerprint density at radius 2 is 1.91 bits per heavy atom. The summed E-state index contributed by atoms with van der Waals surface area (Å²) in [5.41, 5.74) is 0.544. The summed E-state index contributed by atoms with van der Waals surface area (Å²) < 4.78 is 0. The van der Waals surface area contributed by atoms with Gasteiger partial charge < -0.3 is 5.11 Å². The summed E-state index contributed by atoms with van der Waals surface area (Å²) in [6.07, 6.45) is 0.484. The molecule has 0 aromatic rings. The van der Waals surface area contributed by atoms with Crippen LogP contribution in [0, 0.1) is 5.92 Å². The highest BCUT2D eigenvalue weighted by atomic mass is 16.3. The van der Waals surface area contributed by atoms with E-state index in [9.17, 15) is 4.79 Å². The van der Waals surface area contributed by atoms with Crippen LogP contribution < -0.4 is 0 Å². The minimum Gasteiger partial charge on any atom is -0.512 e. The Labute approximate surface area is 67.9 Å². The number of allylic oxidation sites excluding steroid dienone is 2. The smallest absolute Gasteiger partial charge is 0.162 e. The van der Waals surface area contributed by atoms with Crippen molar-refractivity contribution >= 4 is 5.78 Å². The monoisotopic (exact) mass is 156 g/mol. The van der Waals surface area contributed by atoms with Crippen LogP contribution in [0.25, 0.3) is 0 Å². The molecule has 0 saturated carbocycles. The van der Waals surface area contributed by atoms with Gasteiger partial charge in [-0.2, -0.15) is 0 Å². The van der Waals surface area contributed by atoms with E-state index in [0.29, 0.717) is 12.0 Å². The van der Waals surface area contributed by atoms with E-state index in [1.54, 1.807) is 6.92 Å². The van der Waals surface area contributed by atoms with Crippen LogP contribution in [0.3, 0.4) is 0 Å². The highest BCUT2D eigenvalue weighted by Gasteiger charge is 2.25. The maximum atomic E-state index is 10.8. The highest BCUT2D eigenvalue weighted by Crippen LogP contribution is 2.25. The van der Waals surface area contributed by atoms with Crippen LogP contribution in [0.1, 0.15) is 34.1 Å². The fraction of sp³-hybridized carbons (Fsp3) is 0.667. The summed E-state index contributed by atoms with van der Waals surface area (Å²) in [7, 11) is 0. The van der Waals surface area contributed by atoms with Gasteiger partial charge in [0.05, 0.1) is 0 Å². The number of hydrogen-bond acceptors (Lipinski definition) is 2. The largest absolute Gasteiger partial charge is 0.512 e. The zero-order valence-electron chi connectivity index (χ0n) is 7.64. The maximum absolute atomic E-state index is 10.8. The average Bonchev–Trinajstić information content (AvgIpc) is 2.22. The molecule has 0 saturated heterocycles. The van der Waals surface area contributed by atoms with Crippen molar-refractivity contribution in [3.05, 3.63) is 11.3 Å². The summed E-state index contributed by atoms with van der Waals surface area (Å²) in [6.45, 7) is 7.52. The molecule has 2 nitrogen and oxygen atoms in total. The lowest BCUT2D eigenvalue weighted by Crippen LogP contribution is -1.93. The molecule has 1 aliphatic rings. The third-order valence-corrected chi connectivity index (χ3v) is 1.76. The molecule has 0 aromatic heterocycles. The van der Waals surface area contributed by atoms with Crippen LogP contribution in [0.2, 0.25) is 0 Å². The minimum absolute atomic E-state index is 0.0532. The lowest BCUT2D eigenvalue weighted by Gasteiger charge is -1.97. The summed E-state index contributed by atoms with van der Waals surface area (Å²) >= 11 is 0. The van der Waals surface area contributed by atoms with E-state index in [1.807, 2.05) is 20.8 Å². The highest BCUT2D eigenvalue weighted by molar-refractivity contribution is 5.97. The number of Topliss-reactive ketones (excluding diaryl/α,β-unsaturated/α-hetero) is 1. The predicted molar refractivity (Wildman–Crippen MR) is 45.5 cm³/mol. The van der Waals surface area contributed by atoms with Gasteiger partial charge in [0.15, 0.2) is 5.78 Å². The van der Waals surface area contributed by atoms with E-state index >= 15 is 0 Å². The van der Waals surface area contributed by atoms with Crippen molar-refractivity contribution in [2.24, 2.45) is 5.92 Å². The zero-order chi connectivity index (χ0) is 9.02. The molecule has 64 valence electrons. The topological polar surface area (TPSA) is 37.3 Å². The molecular weight excluding hydrogens is 140 g/mol. The minimum atomic E-state index is 0.0532. The number of rotatable bonds is 0. The Bertz CT molecular complexity index is 180. The molecule has 0 fully saturated rings. The number of aliphatic hydroxyl groups excluding tert-OH is 1. The van der Waals surface area contributed by atoms with Crippen molar-refractivity contribution in [1.82, 2.24) is 0 Å². The molecule has 1 rings (SSSR count). The SMILES string of the molecule is CC.CC1=C(O)C(C)CC1=O. The molecule has 11 heavy (non-hydrogen) atoms. The molecule has 0 aromatic carbocycles. The van der Waals surface area contributed by atoms with Gasteiger partial charge in [-0.15, -0.1) is 0 Å². The van der Waals surface area contributed by atoms with Gasteiger partial charge in [-0.05, 0) is 6.92 Å². The Morgan fingerprint density at radius 1 is 1.45 bits per heavy atom. The Hall–Kier alpha value is -0.790. The lowest BCUT2D eigenvalue weighted by molar-refractivity contribution is -0.115. The van der Waals surface area contributed by atoms with Crippen molar-refractivity contribution < 1.29 is 9.90 Å². The number of carbonyl (C=O) groups is 1. The van der Waals surface area contributed by atoms with Gasteiger partial charge in [0, 0.05) is 17.9 Å². The second kappa shape index (κ2) is 4.16. The molecule has 0 amide bonds. The zero-order valence-corrected chi connectivity index (χ0v) is 7.64. The van der Waals surface area contributed by atoms with E-state index in [1.165, 1.54) is 0 Å². The maximum Gasteiger partial charge on any atom is 0.162 e. The summed E-state index contributed by atoms with van der Waals surface area (Å²) in [5, 5.41) is 9.10. The number of aliphatic hydroxyl groups is 1. The molecule has 1 N–H and O–H groups in total. The molecular formula is C9H16O2. The summed E-state index contributed by atoms with van der Waals surface area (Å²) in [4.78, 5) is 10.8. The normalized spacial score (nSPS) is 23.3. The standard InChI is InChI=1S/C7H10O2.C2H6/c1-4-3-6(8)5(2)7(4)9;1-2/h4,9H,3H2,1-2H3;1-2H3. The first-order valence-electron chi connectivity index (χ1n) is 4.06. The Morgan fingerprint density at radius 3 is 2.00 bits per heavy atom. The van der Waals surface area contributed by atoms with Gasteiger partial charge in [0.25, 0.3) is 0 Å². The van der Waals surface area contributed by atoms with Gasteiger partial charge in [-0.1, -0.05) is 20.8 Å². The van der Waals surface area contributed by atoms with E-state index in [0.717, 1.165) is 0 Å². The van der Waals surface area contributed by atoms with Crippen molar-refractivity contribution in [2.75, 3.05) is 0 Å². The van der Waals surface area contributed by atoms with Crippen LogP contribution in [0.15, 0.2) is 11.3 Å². The van der Waals surface area contributed by atoms with Crippen LogP contribution in [-0.4, -0.2) is 10.9 Å². The molecule has 1 atom stereocenters. The van der Waals surface area contributed by atoms with Gasteiger partial charge >= 0.3 is 0 Å². The molecule has 0 spiro atoms. The van der Waals surface area contributed by atoms with E-state index in [2.05, 4.69) is 0 Å². The predicted octanol–water partition coefficient (Wildman–Crippen LogP) is 2.45. The first kappa shape index (κ1) is 10.2. The number of ketones is 1. The van der Waals surface area contributed by atoms with Gasteiger partial charge in [0.1, 0.15) is 5.76 Å². The van der Waals surface area contributed by atoms with E-state index < -0.39 is 0 Å². The van der Waals surface area contributed by atoms with E-state index in [-0.39, 0.29) is 17.5 Å². The van der Waals surface area contributed by atoms with Crippen LogP contribution in [0.4, 0.5) is 0 Å². The quantitative estimate of drug-likeness (QED) is 0.585. The molecule has 0 heterocycles. The van der Waals surface area contributed by atoms with Crippen LogP contribution in [-0.2, 0) is 4.79 Å². The number of carbonyl (C=O) groups excluding carboxylic acids is 1. The van der Waals surface area contributed by atoms with Crippen molar-refractivity contribution in [3.63, 3.8) is 0 Å². The summed E-state index contributed by atoms with van der Waals surface area (Å²) in [6, 6.07) is 0. The first-order valence-corrected chi connectivity index (χ1v) is 4.06. The summed E-state index contributed by atoms with van der Waals surface area (Å²) in [5.74, 6) is 0.414. The third-order valence-electron chi connectivity index (χ3n) is 1.76. The fourth-order valence-corrected chi connectivity index (χ4v) is 1.04. The van der Waals surface area contributed by atoms with Crippen molar-refractivity contribution in [2.45, 2.75) is 34.1 Å². The van der Waals surface area contributed by atoms with Crippen molar-refractivity contribution in [1.29, 1.82) is 0 Å². The van der Waals surface area contributed by atoms with E-state index in [4.69, 9.17) is 5.11 Å². The number of hydrogen-bond donors (Lipinski definition) is 1. The molecule has 1 unspecified atom stereocenters. The lowest BCUT2D eigenvalue weighted by atomic mass is 10.1. The molecule has 0 radical (unpaired) electrons. The van der Waals surface area contributed by atoms with Gasteiger partial charge in [0.2, 0.25) is 0 Å². The first-order chi connectivity index (χ1) is 5.13.